The van der Waals surface area contributed by atoms with Crippen molar-refractivity contribution in [1.29, 1.82) is 0 Å². The molecule has 5 nitrogen and oxygen atoms in total. The Morgan fingerprint density at radius 2 is 2.04 bits per heavy atom. The summed E-state index contributed by atoms with van der Waals surface area (Å²) in [5.74, 6) is 2.20. The molecular weight excluding hydrogens is 400 g/mol. The van der Waals surface area contributed by atoms with E-state index in [1.165, 1.54) is 29.2 Å². The molecule has 0 atom stereocenters. The normalized spacial score (nSPS) is 12.3. The molecule has 3 rings (SSSR count). The van der Waals surface area contributed by atoms with Crippen LogP contribution in [0.25, 0.3) is 10.2 Å². The Morgan fingerprint density at radius 3 is 2.70 bits per heavy atom. The molecule has 0 N–H and O–H groups in total. The molecule has 0 spiro atoms. The standard InChI is InChI=1S/C19H16N2O3S3/c1-4-11-21-15-10-9-13(27(3,23)24)12-17(15)26-19(21)20-18(22)14-7-5-6-8-16(14)25-2/h1,5-10,12H,11H2,2-3H3. The van der Waals surface area contributed by atoms with Gasteiger partial charge in [0.1, 0.15) is 0 Å². The SMILES string of the molecule is C#CCn1c(=NC(=O)c2ccccc2SC)sc2cc(S(C)(=O)=O)ccc21. The summed E-state index contributed by atoms with van der Waals surface area (Å²) < 4.78 is 26.1. The van der Waals surface area contributed by atoms with Crippen LogP contribution in [0.2, 0.25) is 0 Å². The predicted octanol–water partition coefficient (Wildman–Crippen LogP) is 3.20. The van der Waals surface area contributed by atoms with Crippen LogP contribution >= 0.6 is 23.1 Å². The molecule has 1 heterocycles. The highest BCUT2D eigenvalue weighted by molar-refractivity contribution is 7.98. The monoisotopic (exact) mass is 416 g/mol. The zero-order chi connectivity index (χ0) is 19.6. The van der Waals surface area contributed by atoms with Gasteiger partial charge in [-0.15, -0.1) is 18.2 Å². The van der Waals surface area contributed by atoms with E-state index in [4.69, 9.17) is 6.42 Å². The number of hydrogen-bond donors (Lipinski definition) is 0. The number of benzene rings is 2. The third kappa shape index (κ3) is 4.00. The highest BCUT2D eigenvalue weighted by Gasteiger charge is 2.14. The first-order valence-corrected chi connectivity index (χ1v) is 11.8. The molecule has 27 heavy (non-hydrogen) atoms. The summed E-state index contributed by atoms with van der Waals surface area (Å²) in [6.45, 7) is 0.231. The molecule has 1 aromatic heterocycles. The Bertz CT molecular complexity index is 1250. The van der Waals surface area contributed by atoms with E-state index in [-0.39, 0.29) is 17.3 Å². The minimum absolute atomic E-state index is 0.217. The van der Waals surface area contributed by atoms with Crippen LogP contribution in [0.1, 0.15) is 10.4 Å². The van der Waals surface area contributed by atoms with Gasteiger partial charge in [0.2, 0.25) is 0 Å². The van der Waals surface area contributed by atoms with Crippen LogP contribution in [0.15, 0.2) is 57.2 Å². The summed E-state index contributed by atoms with van der Waals surface area (Å²) in [7, 11) is -3.33. The highest BCUT2D eigenvalue weighted by Crippen LogP contribution is 2.23. The second kappa shape index (κ2) is 7.72. The van der Waals surface area contributed by atoms with Crippen LogP contribution in [0, 0.1) is 12.3 Å². The van der Waals surface area contributed by atoms with Gasteiger partial charge in [0.15, 0.2) is 14.6 Å². The van der Waals surface area contributed by atoms with E-state index in [0.717, 1.165) is 16.7 Å². The number of amides is 1. The Kier molecular flexibility index (Phi) is 5.56. The summed E-state index contributed by atoms with van der Waals surface area (Å²) in [6, 6.07) is 12.1. The second-order valence-electron chi connectivity index (χ2n) is 5.69. The maximum Gasteiger partial charge on any atom is 0.280 e. The lowest BCUT2D eigenvalue weighted by molar-refractivity contribution is 0.0995. The quantitative estimate of drug-likeness (QED) is 0.484. The van der Waals surface area contributed by atoms with Gasteiger partial charge in [0.05, 0.1) is 27.2 Å². The number of carbonyl (C=O) groups is 1. The number of thiazole rings is 1. The highest BCUT2D eigenvalue weighted by atomic mass is 32.2. The van der Waals surface area contributed by atoms with E-state index in [1.807, 2.05) is 18.4 Å². The first-order valence-electron chi connectivity index (χ1n) is 7.84. The van der Waals surface area contributed by atoms with Gasteiger partial charge >= 0.3 is 0 Å². The lowest BCUT2D eigenvalue weighted by Gasteiger charge is -2.03. The molecule has 2 aromatic carbocycles. The summed E-state index contributed by atoms with van der Waals surface area (Å²) in [5.41, 5.74) is 1.27. The zero-order valence-electron chi connectivity index (χ0n) is 14.7. The number of fused-ring (bicyclic) bond motifs is 1. The van der Waals surface area contributed by atoms with Crippen molar-refractivity contribution in [2.45, 2.75) is 16.3 Å². The van der Waals surface area contributed by atoms with Crippen LogP contribution in [-0.4, -0.2) is 31.4 Å². The van der Waals surface area contributed by atoms with Gasteiger partial charge in [-0.05, 0) is 36.6 Å². The van der Waals surface area contributed by atoms with Crippen molar-refractivity contribution < 1.29 is 13.2 Å². The number of sulfone groups is 1. The Labute approximate surface area is 165 Å². The molecule has 8 heteroatoms. The van der Waals surface area contributed by atoms with Crippen molar-refractivity contribution in [3.05, 3.63) is 52.8 Å². The fraction of sp³-hybridized carbons (Fsp3) is 0.158. The van der Waals surface area contributed by atoms with Crippen molar-refractivity contribution in [2.24, 2.45) is 4.99 Å². The van der Waals surface area contributed by atoms with Gasteiger partial charge in [0, 0.05) is 11.2 Å². The predicted molar refractivity (Wildman–Crippen MR) is 110 cm³/mol. The van der Waals surface area contributed by atoms with E-state index in [0.29, 0.717) is 15.1 Å². The topological polar surface area (TPSA) is 68.5 Å². The zero-order valence-corrected chi connectivity index (χ0v) is 17.1. The van der Waals surface area contributed by atoms with Crippen LogP contribution in [-0.2, 0) is 16.4 Å². The lowest BCUT2D eigenvalue weighted by atomic mass is 10.2. The molecule has 1 amide bonds. The number of aromatic nitrogens is 1. The molecule has 138 valence electrons. The molecule has 0 unspecified atom stereocenters. The summed E-state index contributed by atoms with van der Waals surface area (Å²) in [6.07, 6.45) is 8.53. The van der Waals surface area contributed by atoms with Gasteiger partial charge in [-0.1, -0.05) is 29.4 Å². The molecule has 0 saturated heterocycles. The fourth-order valence-electron chi connectivity index (χ4n) is 2.58. The van der Waals surface area contributed by atoms with E-state index >= 15 is 0 Å². The summed E-state index contributed by atoms with van der Waals surface area (Å²) in [5, 5.41) is 0. The van der Waals surface area contributed by atoms with Crippen molar-refractivity contribution >= 4 is 49.1 Å². The Balaban J connectivity index is 2.20. The Morgan fingerprint density at radius 1 is 1.30 bits per heavy atom. The number of nitrogens with zero attached hydrogens (tertiary/aromatic N) is 2. The third-order valence-electron chi connectivity index (χ3n) is 3.87. The van der Waals surface area contributed by atoms with Crippen LogP contribution < -0.4 is 4.80 Å². The number of carbonyl (C=O) groups excluding carboxylic acids is 1. The van der Waals surface area contributed by atoms with Crippen LogP contribution in [0.5, 0.6) is 0 Å². The van der Waals surface area contributed by atoms with Crippen molar-refractivity contribution in [2.75, 3.05) is 12.5 Å². The molecule has 0 saturated carbocycles. The van der Waals surface area contributed by atoms with Crippen LogP contribution in [0.4, 0.5) is 0 Å². The minimum atomic E-state index is -3.33. The average molecular weight is 417 g/mol. The molecule has 0 radical (unpaired) electrons. The minimum Gasteiger partial charge on any atom is -0.305 e. The van der Waals surface area contributed by atoms with Gasteiger partial charge < -0.3 is 4.57 Å². The first-order chi connectivity index (χ1) is 12.8. The van der Waals surface area contributed by atoms with Gasteiger partial charge in [-0.3, -0.25) is 4.79 Å². The fourth-order valence-corrected chi connectivity index (χ4v) is 4.96. The smallest absolute Gasteiger partial charge is 0.280 e. The maximum absolute atomic E-state index is 12.7. The first kappa shape index (κ1) is 19.4. The van der Waals surface area contributed by atoms with E-state index in [9.17, 15) is 13.2 Å². The van der Waals surface area contributed by atoms with Crippen molar-refractivity contribution in [1.82, 2.24) is 4.57 Å². The lowest BCUT2D eigenvalue weighted by Crippen LogP contribution is -2.16. The molecule has 0 aliphatic rings. The summed E-state index contributed by atoms with van der Waals surface area (Å²) >= 11 is 2.71. The number of hydrogen-bond acceptors (Lipinski definition) is 5. The molecular formula is C19H16N2O3S3. The average Bonchev–Trinajstić information content (AvgIpc) is 2.97. The number of thioether (sulfide) groups is 1. The van der Waals surface area contributed by atoms with E-state index in [1.54, 1.807) is 28.8 Å². The van der Waals surface area contributed by atoms with E-state index in [2.05, 4.69) is 10.9 Å². The summed E-state index contributed by atoms with van der Waals surface area (Å²) in [4.78, 5) is 18.5. The molecule has 0 bridgehead atoms. The van der Waals surface area contributed by atoms with Crippen LogP contribution in [0.3, 0.4) is 0 Å². The largest absolute Gasteiger partial charge is 0.305 e. The maximum atomic E-state index is 12.7. The van der Waals surface area contributed by atoms with Gasteiger partial charge in [-0.25, -0.2) is 8.42 Å². The van der Waals surface area contributed by atoms with Crippen molar-refractivity contribution in [3.63, 3.8) is 0 Å². The molecule has 0 fully saturated rings. The van der Waals surface area contributed by atoms with Gasteiger partial charge in [0.25, 0.3) is 5.91 Å². The van der Waals surface area contributed by atoms with Crippen molar-refractivity contribution in [3.8, 4) is 12.3 Å². The second-order valence-corrected chi connectivity index (χ2v) is 9.57. The molecule has 0 aliphatic heterocycles. The Hall–Kier alpha value is -2.34. The van der Waals surface area contributed by atoms with E-state index < -0.39 is 9.84 Å². The van der Waals surface area contributed by atoms with Gasteiger partial charge in [-0.2, -0.15) is 4.99 Å². The molecule has 0 aliphatic carbocycles. The third-order valence-corrected chi connectivity index (χ3v) is 6.81. The number of terminal acetylenes is 1. The molecule has 3 aromatic rings. The number of rotatable bonds is 4.